The molecule has 0 amide bonds. The third-order valence-electron chi connectivity index (χ3n) is 3.34. The molecule has 0 spiro atoms. The summed E-state index contributed by atoms with van der Waals surface area (Å²) in [5, 5.41) is 0. The summed E-state index contributed by atoms with van der Waals surface area (Å²) in [5.74, 6) is 0. The van der Waals surface area contributed by atoms with Crippen LogP contribution in [-0.4, -0.2) is 25.4 Å². The summed E-state index contributed by atoms with van der Waals surface area (Å²) in [6.45, 7) is 6.04. The summed E-state index contributed by atoms with van der Waals surface area (Å²) >= 11 is 0. The number of rotatable bonds is 3. The molecule has 3 rings (SSSR count). The normalized spacial score (nSPS) is 38.5. The Balaban J connectivity index is 1.87. The predicted octanol–water partition coefficient (Wildman–Crippen LogP) is 2.37. The summed E-state index contributed by atoms with van der Waals surface area (Å²) in [4.78, 5) is 0. The third kappa shape index (κ3) is 2.05. The number of fused-ring (bicyclic) bond motifs is 3. The molecule has 2 bridgehead atoms. The van der Waals surface area contributed by atoms with Crippen LogP contribution in [0.5, 0.6) is 0 Å². The van der Waals surface area contributed by atoms with E-state index >= 15 is 0 Å². The van der Waals surface area contributed by atoms with Crippen LogP contribution in [-0.2, 0) is 9.47 Å². The number of hydrogen-bond acceptors (Lipinski definition) is 2. The van der Waals surface area contributed by atoms with Crippen LogP contribution < -0.4 is 0 Å². The fourth-order valence-electron chi connectivity index (χ4n) is 2.34. The van der Waals surface area contributed by atoms with Crippen molar-refractivity contribution in [2.24, 2.45) is 5.41 Å². The van der Waals surface area contributed by atoms with E-state index < -0.39 is 0 Å². The molecule has 3 fully saturated rings. The molecule has 1 saturated carbocycles. The summed E-state index contributed by atoms with van der Waals surface area (Å²) in [6, 6.07) is 0. The first-order chi connectivity index (χ1) is 6.20. The zero-order valence-corrected chi connectivity index (χ0v) is 8.71. The summed E-state index contributed by atoms with van der Waals surface area (Å²) in [5.41, 5.74) is 0.374. The lowest BCUT2D eigenvalue weighted by atomic mass is 9.72. The van der Waals surface area contributed by atoms with E-state index in [-0.39, 0.29) is 0 Å². The monoisotopic (exact) mass is 184 g/mol. The Hall–Kier alpha value is -0.0800. The van der Waals surface area contributed by atoms with Crippen molar-refractivity contribution in [3.05, 3.63) is 0 Å². The van der Waals surface area contributed by atoms with E-state index in [1.54, 1.807) is 0 Å². The van der Waals surface area contributed by atoms with Gasteiger partial charge in [-0.2, -0.15) is 0 Å². The molecule has 0 radical (unpaired) electrons. The van der Waals surface area contributed by atoms with Crippen LogP contribution in [0.3, 0.4) is 0 Å². The number of ether oxygens (including phenoxy) is 2. The van der Waals surface area contributed by atoms with E-state index in [1.807, 2.05) is 0 Å². The smallest absolute Gasteiger partial charge is 0.0575 e. The van der Waals surface area contributed by atoms with Gasteiger partial charge in [0.15, 0.2) is 0 Å². The second-order valence-corrected chi connectivity index (χ2v) is 4.87. The van der Waals surface area contributed by atoms with Crippen LogP contribution in [0, 0.1) is 5.41 Å². The molecule has 3 aliphatic rings. The van der Waals surface area contributed by atoms with Crippen molar-refractivity contribution in [3.63, 3.8) is 0 Å². The lowest BCUT2D eigenvalue weighted by molar-refractivity contribution is -0.147. The van der Waals surface area contributed by atoms with Gasteiger partial charge in [-0.25, -0.2) is 0 Å². The maximum absolute atomic E-state index is 5.73. The predicted molar refractivity (Wildman–Crippen MR) is 51.7 cm³/mol. The zero-order valence-electron chi connectivity index (χ0n) is 8.71. The third-order valence-corrected chi connectivity index (χ3v) is 3.34. The van der Waals surface area contributed by atoms with Gasteiger partial charge in [-0.15, -0.1) is 0 Å². The van der Waals surface area contributed by atoms with E-state index in [0.29, 0.717) is 17.6 Å². The number of hydrogen-bond donors (Lipinski definition) is 0. The highest BCUT2D eigenvalue weighted by molar-refractivity contribution is 4.90. The van der Waals surface area contributed by atoms with Crippen LogP contribution in [0.4, 0.5) is 0 Å². The van der Waals surface area contributed by atoms with Gasteiger partial charge in [-0.3, -0.25) is 0 Å². The van der Waals surface area contributed by atoms with Crippen LogP contribution in [0.1, 0.15) is 39.5 Å². The van der Waals surface area contributed by atoms with E-state index in [4.69, 9.17) is 9.47 Å². The average Bonchev–Trinajstić information content (AvgIpc) is 2.18. The van der Waals surface area contributed by atoms with Gasteiger partial charge in [-0.1, -0.05) is 0 Å². The molecule has 0 aromatic heterocycles. The van der Waals surface area contributed by atoms with Crippen molar-refractivity contribution in [2.75, 3.05) is 13.2 Å². The van der Waals surface area contributed by atoms with Crippen LogP contribution in [0.15, 0.2) is 0 Å². The highest BCUT2D eigenvalue weighted by atomic mass is 16.5. The van der Waals surface area contributed by atoms with Crippen LogP contribution in [0.2, 0.25) is 0 Å². The first-order valence-corrected chi connectivity index (χ1v) is 5.43. The molecular weight excluding hydrogens is 164 g/mol. The van der Waals surface area contributed by atoms with E-state index in [9.17, 15) is 0 Å². The summed E-state index contributed by atoms with van der Waals surface area (Å²) < 4.78 is 11.5. The Morgan fingerprint density at radius 2 is 2.08 bits per heavy atom. The van der Waals surface area contributed by atoms with Gasteiger partial charge in [0.1, 0.15) is 0 Å². The molecule has 0 aromatic rings. The maximum Gasteiger partial charge on any atom is 0.0575 e. The highest BCUT2D eigenvalue weighted by Crippen LogP contribution is 2.43. The Labute approximate surface area is 80.6 Å². The molecular formula is C11H20O2. The second kappa shape index (κ2) is 3.58. The van der Waals surface area contributed by atoms with Gasteiger partial charge in [0.25, 0.3) is 0 Å². The second-order valence-electron chi connectivity index (χ2n) is 4.87. The quantitative estimate of drug-likeness (QED) is 0.670. The SMILES string of the molecule is CC(C)OCC12CCC(CC1)OC2. The largest absolute Gasteiger partial charge is 0.378 e. The molecule has 0 atom stereocenters. The minimum atomic E-state index is 0.356. The van der Waals surface area contributed by atoms with Crippen molar-refractivity contribution in [1.82, 2.24) is 0 Å². The molecule has 2 heteroatoms. The molecule has 0 aromatic carbocycles. The lowest BCUT2D eigenvalue weighted by Gasteiger charge is -2.46. The standard InChI is InChI=1S/C11H20O2/c1-9(2)12-7-11-5-3-10(4-6-11)13-8-11/h9-10H,3-8H2,1-2H3. The molecule has 1 aliphatic carbocycles. The first kappa shape index (κ1) is 9.47. The van der Waals surface area contributed by atoms with Crippen molar-refractivity contribution in [3.8, 4) is 0 Å². The fourth-order valence-corrected chi connectivity index (χ4v) is 2.34. The summed E-state index contributed by atoms with van der Waals surface area (Å²) in [6.07, 6.45) is 6.05. The molecule has 2 nitrogen and oxygen atoms in total. The minimum absolute atomic E-state index is 0.356. The van der Waals surface area contributed by atoms with Crippen molar-refractivity contribution in [1.29, 1.82) is 0 Å². The Morgan fingerprint density at radius 1 is 1.38 bits per heavy atom. The molecule has 2 heterocycles. The molecule has 76 valence electrons. The Bertz CT molecular complexity index is 155. The van der Waals surface area contributed by atoms with Crippen LogP contribution >= 0.6 is 0 Å². The topological polar surface area (TPSA) is 18.5 Å². The molecule has 0 N–H and O–H groups in total. The molecule has 0 unspecified atom stereocenters. The summed E-state index contributed by atoms with van der Waals surface area (Å²) in [7, 11) is 0. The maximum atomic E-state index is 5.73. The van der Waals surface area contributed by atoms with Gasteiger partial charge < -0.3 is 9.47 Å². The van der Waals surface area contributed by atoms with Crippen LogP contribution in [0.25, 0.3) is 0 Å². The van der Waals surface area contributed by atoms with E-state index in [1.165, 1.54) is 25.7 Å². The highest BCUT2D eigenvalue weighted by Gasteiger charge is 2.41. The van der Waals surface area contributed by atoms with Gasteiger partial charge >= 0.3 is 0 Å². The van der Waals surface area contributed by atoms with Gasteiger partial charge in [0.05, 0.1) is 25.4 Å². The van der Waals surface area contributed by atoms with Gasteiger partial charge in [0, 0.05) is 5.41 Å². The van der Waals surface area contributed by atoms with Crippen molar-refractivity contribution >= 4 is 0 Å². The molecule has 13 heavy (non-hydrogen) atoms. The van der Waals surface area contributed by atoms with E-state index in [2.05, 4.69) is 13.8 Å². The Morgan fingerprint density at radius 3 is 2.54 bits per heavy atom. The molecule has 2 aliphatic heterocycles. The minimum Gasteiger partial charge on any atom is -0.378 e. The van der Waals surface area contributed by atoms with Crippen molar-refractivity contribution in [2.45, 2.75) is 51.7 Å². The van der Waals surface area contributed by atoms with E-state index in [0.717, 1.165) is 13.2 Å². The zero-order chi connectivity index (χ0) is 9.31. The lowest BCUT2D eigenvalue weighted by Crippen LogP contribution is -2.45. The Kier molecular flexibility index (Phi) is 2.61. The average molecular weight is 184 g/mol. The van der Waals surface area contributed by atoms with Crippen molar-refractivity contribution < 1.29 is 9.47 Å². The van der Waals surface area contributed by atoms with Gasteiger partial charge in [-0.05, 0) is 39.5 Å². The van der Waals surface area contributed by atoms with Gasteiger partial charge in [0.2, 0.25) is 0 Å². The molecule has 2 saturated heterocycles. The fraction of sp³-hybridized carbons (Fsp3) is 1.00. The first-order valence-electron chi connectivity index (χ1n) is 5.43.